The van der Waals surface area contributed by atoms with Crippen molar-refractivity contribution in [3.63, 3.8) is 0 Å². The number of hydrogen-bond acceptors (Lipinski definition) is 4. The van der Waals surface area contributed by atoms with Gasteiger partial charge in [-0.2, -0.15) is 0 Å². The highest BCUT2D eigenvalue weighted by Gasteiger charge is 2.14. The van der Waals surface area contributed by atoms with Crippen LogP contribution in [0.1, 0.15) is 32.2 Å². The summed E-state index contributed by atoms with van der Waals surface area (Å²) in [6, 6.07) is 3.93. The molecule has 0 spiro atoms. The Hall–Kier alpha value is -1.91. The lowest BCUT2D eigenvalue weighted by molar-refractivity contribution is 0.347. The fraction of sp³-hybridized carbons (Fsp3) is 0.462. The summed E-state index contributed by atoms with van der Waals surface area (Å²) in [4.78, 5) is 4.23. The number of nitrogens with zero attached hydrogens (tertiary/aromatic N) is 4. The van der Waals surface area contributed by atoms with Crippen LogP contribution >= 0.6 is 0 Å². The molecule has 0 atom stereocenters. The van der Waals surface area contributed by atoms with E-state index in [0.717, 1.165) is 17.1 Å². The van der Waals surface area contributed by atoms with E-state index in [9.17, 15) is 0 Å². The van der Waals surface area contributed by atoms with Gasteiger partial charge in [-0.1, -0.05) is 5.21 Å². The smallest absolute Gasteiger partial charge is 0.102 e. The van der Waals surface area contributed by atoms with E-state index >= 15 is 0 Å². The third kappa shape index (κ3) is 2.85. The average molecular weight is 245 g/mol. The Labute approximate surface area is 107 Å². The predicted molar refractivity (Wildman–Crippen MR) is 71.3 cm³/mol. The first-order chi connectivity index (χ1) is 8.47. The van der Waals surface area contributed by atoms with Crippen LogP contribution in [0.4, 0.5) is 5.69 Å². The van der Waals surface area contributed by atoms with E-state index in [1.165, 1.54) is 0 Å². The van der Waals surface area contributed by atoms with Crippen LogP contribution in [0.3, 0.4) is 0 Å². The lowest BCUT2D eigenvalue weighted by Gasteiger charge is -2.17. The van der Waals surface area contributed by atoms with Gasteiger partial charge in [-0.15, -0.1) is 5.10 Å². The van der Waals surface area contributed by atoms with Gasteiger partial charge in [-0.25, -0.2) is 4.68 Å². The van der Waals surface area contributed by atoms with Crippen LogP contribution in [0.15, 0.2) is 24.5 Å². The summed E-state index contributed by atoms with van der Waals surface area (Å²) in [6.45, 7) is 8.94. The second kappa shape index (κ2) is 4.76. The molecule has 0 aliphatic carbocycles. The number of hydrogen-bond donors (Lipinski definition) is 1. The summed E-state index contributed by atoms with van der Waals surface area (Å²) >= 11 is 0. The van der Waals surface area contributed by atoms with Crippen molar-refractivity contribution in [3.8, 4) is 0 Å². The number of aryl methyl sites for hydroxylation is 1. The normalized spacial score (nSPS) is 11.6. The molecule has 0 amide bonds. The standard InChI is InChI=1S/C13H19N5/c1-10-12(6-5-7-14-10)15-8-11-9-18(17-16-11)13(2,3)4/h5-7,9,15H,8H2,1-4H3. The van der Waals surface area contributed by atoms with Gasteiger partial charge in [0.2, 0.25) is 0 Å². The monoisotopic (exact) mass is 245 g/mol. The molecule has 18 heavy (non-hydrogen) atoms. The third-order valence-corrected chi connectivity index (χ3v) is 2.70. The fourth-order valence-electron chi connectivity index (χ4n) is 1.56. The number of pyridine rings is 1. The quantitative estimate of drug-likeness (QED) is 0.901. The molecule has 0 fully saturated rings. The van der Waals surface area contributed by atoms with E-state index in [4.69, 9.17) is 0 Å². The molecule has 1 N–H and O–H groups in total. The zero-order valence-corrected chi connectivity index (χ0v) is 11.3. The van der Waals surface area contributed by atoms with Gasteiger partial charge in [-0.3, -0.25) is 4.98 Å². The first-order valence-electron chi connectivity index (χ1n) is 6.04. The van der Waals surface area contributed by atoms with Gasteiger partial charge in [0.1, 0.15) is 5.69 Å². The summed E-state index contributed by atoms with van der Waals surface area (Å²) in [5, 5.41) is 11.6. The maximum Gasteiger partial charge on any atom is 0.102 e. The lowest BCUT2D eigenvalue weighted by Crippen LogP contribution is -2.22. The van der Waals surface area contributed by atoms with Crippen molar-refractivity contribution < 1.29 is 0 Å². The molecule has 2 aromatic heterocycles. The average Bonchev–Trinajstić information content (AvgIpc) is 2.76. The van der Waals surface area contributed by atoms with Crippen LogP contribution in [0.2, 0.25) is 0 Å². The highest BCUT2D eigenvalue weighted by atomic mass is 15.4. The van der Waals surface area contributed by atoms with Crippen LogP contribution in [-0.2, 0) is 12.1 Å². The van der Waals surface area contributed by atoms with Crippen molar-refractivity contribution in [2.24, 2.45) is 0 Å². The lowest BCUT2D eigenvalue weighted by atomic mass is 10.1. The van der Waals surface area contributed by atoms with Gasteiger partial charge >= 0.3 is 0 Å². The molecule has 5 heteroatoms. The van der Waals surface area contributed by atoms with E-state index in [0.29, 0.717) is 6.54 Å². The van der Waals surface area contributed by atoms with Crippen LogP contribution in [0.25, 0.3) is 0 Å². The van der Waals surface area contributed by atoms with Crippen LogP contribution in [0.5, 0.6) is 0 Å². The van der Waals surface area contributed by atoms with Crippen molar-refractivity contribution in [2.45, 2.75) is 39.8 Å². The SMILES string of the molecule is Cc1ncccc1NCc1cn(C(C)(C)C)nn1. The molecule has 0 aromatic carbocycles. The molecule has 2 aromatic rings. The van der Waals surface area contributed by atoms with E-state index < -0.39 is 0 Å². The predicted octanol–water partition coefficient (Wildman–Crippen LogP) is 2.35. The zero-order chi connectivity index (χ0) is 13.2. The number of aromatic nitrogens is 4. The van der Waals surface area contributed by atoms with Gasteiger partial charge in [0.25, 0.3) is 0 Å². The summed E-state index contributed by atoms with van der Waals surface area (Å²) in [5.74, 6) is 0. The van der Waals surface area contributed by atoms with Crippen molar-refractivity contribution in [2.75, 3.05) is 5.32 Å². The second-order valence-electron chi connectivity index (χ2n) is 5.32. The first-order valence-corrected chi connectivity index (χ1v) is 6.04. The molecule has 0 aliphatic heterocycles. The zero-order valence-electron chi connectivity index (χ0n) is 11.3. The highest BCUT2D eigenvalue weighted by Crippen LogP contribution is 2.14. The van der Waals surface area contributed by atoms with Crippen LogP contribution in [-0.4, -0.2) is 20.0 Å². The second-order valence-corrected chi connectivity index (χ2v) is 5.32. The molecule has 0 bridgehead atoms. The van der Waals surface area contributed by atoms with E-state index in [1.54, 1.807) is 6.20 Å². The molecular weight excluding hydrogens is 226 g/mol. The summed E-state index contributed by atoms with van der Waals surface area (Å²) in [6.07, 6.45) is 3.76. The molecule has 2 heterocycles. The number of nitrogens with one attached hydrogen (secondary N) is 1. The third-order valence-electron chi connectivity index (χ3n) is 2.70. The Morgan fingerprint density at radius 1 is 1.33 bits per heavy atom. The minimum atomic E-state index is -0.0323. The van der Waals surface area contributed by atoms with Crippen LogP contribution < -0.4 is 5.32 Å². The molecule has 0 unspecified atom stereocenters. The van der Waals surface area contributed by atoms with E-state index in [2.05, 4.69) is 41.4 Å². The van der Waals surface area contributed by atoms with Crippen LogP contribution in [0, 0.1) is 6.92 Å². The minimum Gasteiger partial charge on any atom is -0.378 e. The van der Waals surface area contributed by atoms with Crippen molar-refractivity contribution in [3.05, 3.63) is 35.9 Å². The minimum absolute atomic E-state index is 0.0323. The Kier molecular flexibility index (Phi) is 3.32. The Balaban J connectivity index is 2.03. The van der Waals surface area contributed by atoms with Gasteiger partial charge in [0.05, 0.1) is 29.7 Å². The Morgan fingerprint density at radius 3 is 2.72 bits per heavy atom. The van der Waals surface area contributed by atoms with Gasteiger partial charge < -0.3 is 5.32 Å². The highest BCUT2D eigenvalue weighted by molar-refractivity contribution is 5.46. The van der Waals surface area contributed by atoms with E-state index in [-0.39, 0.29) is 5.54 Å². The maximum atomic E-state index is 4.23. The van der Waals surface area contributed by atoms with Gasteiger partial charge in [0, 0.05) is 6.20 Å². The topological polar surface area (TPSA) is 55.6 Å². The number of rotatable bonds is 3. The van der Waals surface area contributed by atoms with Gasteiger partial charge in [-0.05, 0) is 39.8 Å². The molecular formula is C13H19N5. The maximum absolute atomic E-state index is 4.23. The summed E-state index contributed by atoms with van der Waals surface area (Å²) < 4.78 is 1.88. The Bertz CT molecular complexity index is 524. The summed E-state index contributed by atoms with van der Waals surface area (Å²) in [5.41, 5.74) is 2.91. The molecule has 96 valence electrons. The Morgan fingerprint density at radius 2 is 2.11 bits per heavy atom. The van der Waals surface area contributed by atoms with Gasteiger partial charge in [0.15, 0.2) is 0 Å². The summed E-state index contributed by atoms with van der Waals surface area (Å²) in [7, 11) is 0. The largest absolute Gasteiger partial charge is 0.378 e. The van der Waals surface area contributed by atoms with Crippen molar-refractivity contribution in [1.82, 2.24) is 20.0 Å². The molecule has 0 aliphatic rings. The van der Waals surface area contributed by atoms with Crippen molar-refractivity contribution >= 4 is 5.69 Å². The van der Waals surface area contributed by atoms with E-state index in [1.807, 2.05) is 29.9 Å². The molecule has 2 rings (SSSR count). The first kappa shape index (κ1) is 12.5. The molecule has 0 radical (unpaired) electrons. The molecule has 0 saturated heterocycles. The molecule has 0 saturated carbocycles. The van der Waals surface area contributed by atoms with Crippen molar-refractivity contribution in [1.29, 1.82) is 0 Å². The molecule has 5 nitrogen and oxygen atoms in total. The fourth-order valence-corrected chi connectivity index (χ4v) is 1.56. The number of anilines is 1.